The minimum absolute atomic E-state index is 0.0310. The fraction of sp³-hybridized carbons (Fsp3) is 0.611. The van der Waals surface area contributed by atoms with Crippen molar-refractivity contribution in [2.24, 2.45) is 17.6 Å². The molecular formula is C18H25ClN2O2. The van der Waals surface area contributed by atoms with Crippen LogP contribution in [0.2, 0.25) is 5.02 Å². The van der Waals surface area contributed by atoms with Crippen LogP contribution in [0.25, 0.3) is 0 Å². The van der Waals surface area contributed by atoms with Crippen molar-refractivity contribution in [3.63, 3.8) is 0 Å². The highest BCUT2D eigenvalue weighted by molar-refractivity contribution is 6.31. The van der Waals surface area contributed by atoms with Gasteiger partial charge < -0.3 is 10.5 Å². The Morgan fingerprint density at radius 2 is 2.09 bits per heavy atom. The van der Waals surface area contributed by atoms with E-state index in [1.165, 1.54) is 5.56 Å². The molecule has 0 aliphatic carbocycles. The average molecular weight is 337 g/mol. The minimum atomic E-state index is -0.204. The summed E-state index contributed by atoms with van der Waals surface area (Å²) in [5, 5.41) is 0.834. The van der Waals surface area contributed by atoms with Crippen molar-refractivity contribution >= 4 is 17.5 Å². The molecule has 2 heterocycles. The Balaban J connectivity index is 1.54. The third kappa shape index (κ3) is 3.87. The van der Waals surface area contributed by atoms with E-state index in [1.807, 2.05) is 6.92 Å². The molecule has 0 radical (unpaired) electrons. The fourth-order valence-electron chi connectivity index (χ4n) is 3.81. The summed E-state index contributed by atoms with van der Waals surface area (Å²) in [4.78, 5) is 14.0. The van der Waals surface area contributed by atoms with E-state index in [0.29, 0.717) is 12.5 Å². The summed E-state index contributed by atoms with van der Waals surface area (Å²) >= 11 is 6.21. The summed E-state index contributed by atoms with van der Waals surface area (Å²) in [6.45, 7) is 5.68. The first-order valence-corrected chi connectivity index (χ1v) is 8.80. The molecular weight excluding hydrogens is 312 g/mol. The molecule has 0 unspecified atom stereocenters. The first-order chi connectivity index (χ1) is 11.0. The zero-order valence-corrected chi connectivity index (χ0v) is 14.4. The van der Waals surface area contributed by atoms with Gasteiger partial charge in [-0.05, 0) is 62.4 Å². The maximum Gasteiger partial charge on any atom is 0.223 e. The Bertz CT molecular complexity index is 570. The van der Waals surface area contributed by atoms with Gasteiger partial charge in [0, 0.05) is 18.2 Å². The number of carbonyl (C=O) groups excluding carboxylic acids is 1. The summed E-state index contributed by atoms with van der Waals surface area (Å²) < 4.78 is 5.81. The second-order valence-electron chi connectivity index (χ2n) is 6.83. The fourth-order valence-corrected chi connectivity index (χ4v) is 4.02. The van der Waals surface area contributed by atoms with Crippen molar-refractivity contribution in [3.8, 4) is 0 Å². The second-order valence-corrected chi connectivity index (χ2v) is 7.24. The van der Waals surface area contributed by atoms with Crippen LogP contribution < -0.4 is 5.73 Å². The van der Waals surface area contributed by atoms with Crippen molar-refractivity contribution in [1.29, 1.82) is 0 Å². The first kappa shape index (κ1) is 16.7. The van der Waals surface area contributed by atoms with Crippen molar-refractivity contribution in [1.82, 2.24) is 4.90 Å². The maximum atomic E-state index is 11.5. The highest BCUT2D eigenvalue weighted by Crippen LogP contribution is 2.33. The van der Waals surface area contributed by atoms with Crippen molar-refractivity contribution in [2.75, 3.05) is 19.7 Å². The topological polar surface area (TPSA) is 55.6 Å². The number of aryl methyl sites for hydroxylation is 1. The van der Waals surface area contributed by atoms with Gasteiger partial charge in [-0.2, -0.15) is 0 Å². The quantitative estimate of drug-likeness (QED) is 0.919. The third-order valence-corrected chi connectivity index (χ3v) is 5.65. The summed E-state index contributed by atoms with van der Waals surface area (Å²) in [6.07, 6.45) is 2.94. The minimum Gasteiger partial charge on any atom is -0.377 e. The number of ether oxygens (including phenoxy) is 1. The van der Waals surface area contributed by atoms with Gasteiger partial charge in [0.1, 0.15) is 0 Å². The molecule has 0 spiro atoms. The lowest BCUT2D eigenvalue weighted by Crippen LogP contribution is -2.41. The van der Waals surface area contributed by atoms with Gasteiger partial charge in [-0.15, -0.1) is 0 Å². The standard InChI is InChI=1S/C18H25ClN2O2/c1-12-2-3-13(10-16(12)19)11-21-7-4-14(5-8-21)17-15(18(20)22)6-9-23-17/h2-3,10,14-15,17H,4-9,11H2,1H3,(H2,20,22)/t15-,17+/m0/s1. The van der Waals surface area contributed by atoms with Crippen LogP contribution in [0, 0.1) is 18.8 Å². The predicted octanol–water partition coefficient (Wildman–Crippen LogP) is 2.75. The number of halogens is 1. The number of nitrogens with two attached hydrogens (primary N) is 1. The molecule has 23 heavy (non-hydrogen) atoms. The first-order valence-electron chi connectivity index (χ1n) is 8.43. The van der Waals surface area contributed by atoms with E-state index in [2.05, 4.69) is 23.1 Å². The van der Waals surface area contributed by atoms with Gasteiger partial charge in [0.25, 0.3) is 0 Å². The van der Waals surface area contributed by atoms with Crippen LogP contribution in [0.3, 0.4) is 0 Å². The number of nitrogens with zero attached hydrogens (tertiary/aromatic N) is 1. The SMILES string of the molecule is Cc1ccc(CN2CCC([C@H]3OCC[C@@H]3C(N)=O)CC2)cc1Cl. The van der Waals surface area contributed by atoms with Crippen LogP contribution >= 0.6 is 11.6 Å². The molecule has 2 atom stereocenters. The molecule has 1 aromatic rings. The van der Waals surface area contributed by atoms with Gasteiger partial charge in [0.15, 0.2) is 0 Å². The largest absolute Gasteiger partial charge is 0.377 e. The number of benzene rings is 1. The number of carbonyl (C=O) groups is 1. The molecule has 126 valence electrons. The van der Waals surface area contributed by atoms with Crippen molar-refractivity contribution in [2.45, 2.75) is 38.8 Å². The van der Waals surface area contributed by atoms with E-state index in [9.17, 15) is 4.79 Å². The highest BCUT2D eigenvalue weighted by Gasteiger charge is 2.39. The number of hydrogen-bond acceptors (Lipinski definition) is 3. The molecule has 3 rings (SSSR count). The summed E-state index contributed by atoms with van der Waals surface area (Å²) in [7, 11) is 0. The smallest absolute Gasteiger partial charge is 0.223 e. The monoisotopic (exact) mass is 336 g/mol. The van der Waals surface area contributed by atoms with Crippen molar-refractivity contribution < 1.29 is 9.53 Å². The number of amides is 1. The van der Waals surface area contributed by atoms with Gasteiger partial charge in [-0.3, -0.25) is 9.69 Å². The maximum absolute atomic E-state index is 11.5. The lowest BCUT2D eigenvalue weighted by molar-refractivity contribution is -0.124. The predicted molar refractivity (Wildman–Crippen MR) is 91.2 cm³/mol. The molecule has 2 aliphatic rings. The van der Waals surface area contributed by atoms with Gasteiger partial charge >= 0.3 is 0 Å². The Morgan fingerprint density at radius 1 is 1.35 bits per heavy atom. The summed E-state index contributed by atoms with van der Waals surface area (Å²) in [5.41, 5.74) is 7.88. The van der Waals surface area contributed by atoms with Crippen LogP contribution in [0.1, 0.15) is 30.4 Å². The molecule has 1 aromatic carbocycles. The lowest BCUT2D eigenvalue weighted by atomic mass is 9.84. The second kappa shape index (κ2) is 7.20. The Kier molecular flexibility index (Phi) is 5.24. The van der Waals surface area contributed by atoms with Crippen LogP contribution in [-0.2, 0) is 16.1 Å². The molecule has 2 saturated heterocycles. The van der Waals surface area contributed by atoms with Gasteiger partial charge in [-0.1, -0.05) is 23.7 Å². The van der Waals surface area contributed by atoms with E-state index < -0.39 is 0 Å². The molecule has 0 bridgehead atoms. The molecule has 2 aliphatic heterocycles. The Labute approximate surface area is 142 Å². The van der Waals surface area contributed by atoms with Crippen LogP contribution in [0.15, 0.2) is 18.2 Å². The van der Waals surface area contributed by atoms with E-state index in [0.717, 1.165) is 49.5 Å². The molecule has 2 fully saturated rings. The summed E-state index contributed by atoms with van der Waals surface area (Å²) in [6, 6.07) is 6.29. The average Bonchev–Trinajstić information content (AvgIpc) is 3.01. The van der Waals surface area contributed by atoms with E-state index >= 15 is 0 Å². The molecule has 0 saturated carbocycles. The molecule has 0 aromatic heterocycles. The van der Waals surface area contributed by atoms with Gasteiger partial charge in [0.2, 0.25) is 5.91 Å². The number of piperidine rings is 1. The van der Waals surface area contributed by atoms with Gasteiger partial charge in [0.05, 0.1) is 12.0 Å². The number of rotatable bonds is 4. The van der Waals surface area contributed by atoms with E-state index in [4.69, 9.17) is 22.1 Å². The van der Waals surface area contributed by atoms with E-state index in [1.54, 1.807) is 0 Å². The summed E-state index contributed by atoms with van der Waals surface area (Å²) in [5.74, 6) is 0.152. The van der Waals surface area contributed by atoms with Crippen LogP contribution in [0.4, 0.5) is 0 Å². The molecule has 5 heteroatoms. The van der Waals surface area contributed by atoms with Crippen LogP contribution in [0.5, 0.6) is 0 Å². The molecule has 4 nitrogen and oxygen atoms in total. The number of hydrogen-bond donors (Lipinski definition) is 1. The number of likely N-dealkylation sites (tertiary alicyclic amines) is 1. The zero-order chi connectivity index (χ0) is 16.4. The van der Waals surface area contributed by atoms with E-state index in [-0.39, 0.29) is 17.9 Å². The molecule has 2 N–H and O–H groups in total. The van der Waals surface area contributed by atoms with Crippen LogP contribution in [-0.4, -0.2) is 36.6 Å². The zero-order valence-electron chi connectivity index (χ0n) is 13.6. The lowest BCUT2D eigenvalue weighted by Gasteiger charge is -2.35. The number of primary amides is 1. The van der Waals surface area contributed by atoms with Gasteiger partial charge in [-0.25, -0.2) is 0 Å². The van der Waals surface area contributed by atoms with Crippen molar-refractivity contribution in [3.05, 3.63) is 34.3 Å². The molecule has 1 amide bonds. The highest BCUT2D eigenvalue weighted by atomic mass is 35.5. The third-order valence-electron chi connectivity index (χ3n) is 5.24. The normalized spacial score (nSPS) is 26.5. The Morgan fingerprint density at radius 3 is 2.74 bits per heavy atom. The Hall–Kier alpha value is -1.10.